The van der Waals surface area contributed by atoms with Crippen LogP contribution in [-0.4, -0.2) is 0 Å². The third kappa shape index (κ3) is 2.46. The zero-order valence-electron chi connectivity index (χ0n) is 12.6. The van der Waals surface area contributed by atoms with Gasteiger partial charge in [0.25, 0.3) is 0 Å². The van der Waals surface area contributed by atoms with Gasteiger partial charge in [-0.15, -0.1) is 0 Å². The molecule has 1 aliphatic heterocycles. The summed E-state index contributed by atoms with van der Waals surface area (Å²) >= 11 is 19.0. The molecule has 3 atom stereocenters. The minimum absolute atomic E-state index is 0.147. The van der Waals surface area contributed by atoms with Crippen LogP contribution in [0.25, 0.3) is 0 Å². The van der Waals surface area contributed by atoms with Gasteiger partial charge < -0.3 is 5.32 Å². The van der Waals surface area contributed by atoms with Gasteiger partial charge in [0, 0.05) is 16.6 Å². The second-order valence-electron chi connectivity index (χ2n) is 6.31. The molecule has 1 nitrogen and oxygen atoms in total. The number of anilines is 1. The topological polar surface area (TPSA) is 12.0 Å². The smallest absolute Gasteiger partial charge is 0.0645 e. The highest BCUT2D eigenvalue weighted by Crippen LogP contribution is 2.52. The van der Waals surface area contributed by atoms with E-state index >= 15 is 0 Å². The lowest BCUT2D eigenvalue weighted by atomic mass is 9.76. The first-order valence-corrected chi connectivity index (χ1v) is 8.87. The third-order valence-electron chi connectivity index (χ3n) is 4.95. The zero-order valence-corrected chi connectivity index (χ0v) is 14.9. The fourth-order valence-corrected chi connectivity index (χ4v) is 4.62. The number of nitrogens with one attached hydrogen (secondary N) is 1. The van der Waals surface area contributed by atoms with E-state index in [0.29, 0.717) is 21.9 Å². The molecule has 0 fully saturated rings. The summed E-state index contributed by atoms with van der Waals surface area (Å²) in [5, 5.41) is 5.75. The molecule has 0 saturated heterocycles. The zero-order chi connectivity index (χ0) is 16.1. The third-order valence-corrected chi connectivity index (χ3v) is 6.00. The monoisotopic (exact) mass is 363 g/mol. The van der Waals surface area contributed by atoms with Gasteiger partial charge in [-0.25, -0.2) is 0 Å². The summed E-state index contributed by atoms with van der Waals surface area (Å²) in [6, 6.07) is 10.1. The van der Waals surface area contributed by atoms with Crippen LogP contribution in [0.1, 0.15) is 35.1 Å². The van der Waals surface area contributed by atoms with E-state index in [1.807, 2.05) is 18.2 Å². The Hall–Kier alpha value is -1.15. The Labute approximate surface area is 151 Å². The highest BCUT2D eigenvalue weighted by molar-refractivity contribution is 6.42. The number of halogens is 3. The second kappa shape index (κ2) is 5.73. The number of rotatable bonds is 1. The molecular weight excluding hydrogens is 349 g/mol. The van der Waals surface area contributed by atoms with Gasteiger partial charge in [-0.1, -0.05) is 59.1 Å². The van der Waals surface area contributed by atoms with Crippen molar-refractivity contribution in [3.8, 4) is 0 Å². The molecule has 1 N–H and O–H groups in total. The molecule has 4 heteroatoms. The van der Waals surface area contributed by atoms with Crippen molar-refractivity contribution in [1.82, 2.24) is 0 Å². The van der Waals surface area contributed by atoms with E-state index in [-0.39, 0.29) is 6.04 Å². The predicted octanol–water partition coefficient (Wildman–Crippen LogP) is 6.78. The summed E-state index contributed by atoms with van der Waals surface area (Å²) in [4.78, 5) is 0. The highest BCUT2D eigenvalue weighted by atomic mass is 35.5. The van der Waals surface area contributed by atoms with Crippen LogP contribution >= 0.6 is 34.8 Å². The molecule has 2 aromatic carbocycles. The molecule has 4 rings (SSSR count). The number of fused-ring (bicyclic) bond motifs is 3. The van der Waals surface area contributed by atoms with E-state index in [1.165, 1.54) is 11.3 Å². The maximum absolute atomic E-state index is 6.50. The average molecular weight is 365 g/mol. The fraction of sp³-hybridized carbons (Fsp3) is 0.263. The molecule has 0 bridgehead atoms. The second-order valence-corrected chi connectivity index (χ2v) is 7.53. The molecule has 0 saturated carbocycles. The first-order chi connectivity index (χ1) is 11.1. The summed E-state index contributed by atoms with van der Waals surface area (Å²) in [6.45, 7) is 2.09. The van der Waals surface area contributed by atoms with E-state index in [9.17, 15) is 0 Å². The van der Waals surface area contributed by atoms with Gasteiger partial charge in [-0.2, -0.15) is 0 Å². The van der Waals surface area contributed by atoms with Crippen molar-refractivity contribution in [2.45, 2.75) is 25.3 Å². The largest absolute Gasteiger partial charge is 0.377 e. The van der Waals surface area contributed by atoms with Crippen LogP contribution in [0.2, 0.25) is 15.1 Å². The van der Waals surface area contributed by atoms with Gasteiger partial charge in [0.2, 0.25) is 0 Å². The molecule has 2 aromatic rings. The summed E-state index contributed by atoms with van der Waals surface area (Å²) in [6.07, 6.45) is 5.58. The SMILES string of the molecule is Cc1cc(Cl)cc2c1N[C@H](c1cccc(Cl)c1Cl)[C@@H]1CC=C[C@H]21. The normalized spacial score (nSPS) is 25.0. The van der Waals surface area contributed by atoms with Crippen LogP contribution in [-0.2, 0) is 0 Å². The Morgan fingerprint density at radius 3 is 2.74 bits per heavy atom. The molecule has 23 heavy (non-hydrogen) atoms. The highest BCUT2D eigenvalue weighted by Gasteiger charge is 2.39. The first-order valence-electron chi connectivity index (χ1n) is 7.73. The van der Waals surface area contributed by atoms with Crippen molar-refractivity contribution in [2.75, 3.05) is 5.32 Å². The van der Waals surface area contributed by atoms with Crippen molar-refractivity contribution in [1.29, 1.82) is 0 Å². The number of allylic oxidation sites excluding steroid dienone is 2. The van der Waals surface area contributed by atoms with Crippen LogP contribution in [0, 0.1) is 12.8 Å². The Kier molecular flexibility index (Phi) is 3.84. The predicted molar refractivity (Wildman–Crippen MR) is 99.0 cm³/mol. The molecule has 0 spiro atoms. The van der Waals surface area contributed by atoms with Crippen LogP contribution in [0.5, 0.6) is 0 Å². The number of hydrogen-bond donors (Lipinski definition) is 1. The molecule has 1 heterocycles. The molecule has 1 aliphatic carbocycles. The van der Waals surface area contributed by atoms with E-state index in [1.54, 1.807) is 0 Å². The fourth-order valence-electron chi connectivity index (χ4n) is 3.91. The van der Waals surface area contributed by atoms with E-state index in [4.69, 9.17) is 34.8 Å². The van der Waals surface area contributed by atoms with Crippen LogP contribution in [0.15, 0.2) is 42.5 Å². The van der Waals surface area contributed by atoms with E-state index in [2.05, 4.69) is 36.5 Å². The van der Waals surface area contributed by atoms with Crippen LogP contribution in [0.4, 0.5) is 5.69 Å². The summed E-state index contributed by atoms with van der Waals surface area (Å²) < 4.78 is 0. The maximum atomic E-state index is 6.50. The number of aryl methyl sites for hydroxylation is 1. The minimum Gasteiger partial charge on any atom is -0.377 e. The first kappa shape index (κ1) is 15.4. The average Bonchev–Trinajstić information content (AvgIpc) is 3.00. The standard InChI is InChI=1S/C19H16Cl3N/c1-10-8-11(20)9-15-12-4-2-5-13(12)19(23-18(10)15)14-6-3-7-16(21)17(14)22/h2-4,6-9,12-13,19,23H,5H2,1H3/t12-,13+,19-/m0/s1. The number of hydrogen-bond acceptors (Lipinski definition) is 1. The summed E-state index contributed by atoms with van der Waals surface area (Å²) in [7, 11) is 0. The molecule has 0 amide bonds. The molecule has 118 valence electrons. The lowest BCUT2D eigenvalue weighted by Gasteiger charge is -2.38. The quantitative estimate of drug-likeness (QED) is 0.550. The lowest BCUT2D eigenvalue weighted by Crippen LogP contribution is -2.29. The van der Waals surface area contributed by atoms with Gasteiger partial charge in [0.15, 0.2) is 0 Å². The van der Waals surface area contributed by atoms with Crippen molar-refractivity contribution >= 4 is 40.5 Å². The Morgan fingerprint density at radius 2 is 1.91 bits per heavy atom. The van der Waals surface area contributed by atoms with Gasteiger partial charge in [-0.05, 0) is 54.2 Å². The Morgan fingerprint density at radius 1 is 1.09 bits per heavy atom. The van der Waals surface area contributed by atoms with Gasteiger partial charge >= 0.3 is 0 Å². The molecule has 2 aliphatic rings. The summed E-state index contributed by atoms with van der Waals surface area (Å²) in [5.74, 6) is 0.792. The Bertz CT molecular complexity index is 813. The van der Waals surface area contributed by atoms with Gasteiger partial charge in [0.1, 0.15) is 0 Å². The van der Waals surface area contributed by atoms with Crippen molar-refractivity contribution in [2.24, 2.45) is 5.92 Å². The van der Waals surface area contributed by atoms with Crippen molar-refractivity contribution in [3.63, 3.8) is 0 Å². The van der Waals surface area contributed by atoms with Gasteiger partial charge in [0.05, 0.1) is 16.1 Å². The van der Waals surface area contributed by atoms with Crippen LogP contribution in [0.3, 0.4) is 0 Å². The lowest BCUT2D eigenvalue weighted by molar-refractivity contribution is 0.425. The maximum Gasteiger partial charge on any atom is 0.0645 e. The number of benzene rings is 2. The molecule has 0 aromatic heterocycles. The van der Waals surface area contributed by atoms with Crippen molar-refractivity contribution < 1.29 is 0 Å². The van der Waals surface area contributed by atoms with E-state index < -0.39 is 0 Å². The molecule has 0 unspecified atom stereocenters. The summed E-state index contributed by atoms with van der Waals surface area (Å²) in [5.41, 5.74) is 4.68. The Balaban J connectivity index is 1.86. The van der Waals surface area contributed by atoms with E-state index in [0.717, 1.165) is 22.6 Å². The van der Waals surface area contributed by atoms with Gasteiger partial charge in [-0.3, -0.25) is 0 Å². The molecule has 0 radical (unpaired) electrons. The molecular formula is C19H16Cl3N. The minimum atomic E-state index is 0.147. The van der Waals surface area contributed by atoms with Crippen LogP contribution < -0.4 is 5.32 Å². The van der Waals surface area contributed by atoms with Crippen molar-refractivity contribution in [3.05, 3.63) is 74.2 Å².